The Morgan fingerprint density at radius 1 is 1.18 bits per heavy atom. The van der Waals surface area contributed by atoms with E-state index in [1.807, 2.05) is 0 Å². The van der Waals surface area contributed by atoms with E-state index in [0.29, 0.717) is 10.9 Å². The maximum Gasteiger partial charge on any atom is 0.0132 e. The van der Waals surface area contributed by atoms with Gasteiger partial charge in [0.25, 0.3) is 0 Å². The van der Waals surface area contributed by atoms with Crippen LogP contribution in [0.4, 0.5) is 0 Å². The summed E-state index contributed by atoms with van der Waals surface area (Å²) < 4.78 is 0. The predicted molar refractivity (Wildman–Crippen MR) is 55.3 cm³/mol. The Hall–Kier alpha value is 0.440. The highest BCUT2D eigenvalue weighted by Gasteiger charge is 2.04. The second kappa shape index (κ2) is 6.01. The van der Waals surface area contributed by atoms with Gasteiger partial charge < -0.3 is 5.32 Å². The third kappa shape index (κ3) is 8.35. The van der Waals surface area contributed by atoms with E-state index in [4.69, 9.17) is 0 Å². The lowest BCUT2D eigenvalue weighted by Gasteiger charge is -2.16. The Labute approximate surface area is 79.1 Å². The van der Waals surface area contributed by atoms with Crippen LogP contribution in [0, 0.1) is 5.92 Å². The summed E-state index contributed by atoms with van der Waals surface area (Å²) in [6.07, 6.45) is 1.20. The maximum absolute atomic E-state index is 3.54. The molecule has 0 aliphatic rings. The van der Waals surface area contributed by atoms with Gasteiger partial charge in [0.1, 0.15) is 0 Å². The molecule has 2 unspecified atom stereocenters. The minimum Gasteiger partial charge on any atom is -0.314 e. The van der Waals surface area contributed by atoms with Crippen molar-refractivity contribution in [3.8, 4) is 0 Å². The van der Waals surface area contributed by atoms with Gasteiger partial charge in [0, 0.05) is 10.9 Å². The smallest absolute Gasteiger partial charge is 0.0132 e. The second-order valence-corrected chi connectivity index (χ2v) is 5.28. The first-order valence-corrected chi connectivity index (χ1v) is 5.31. The van der Waals surface area contributed by atoms with Crippen LogP contribution in [0.3, 0.4) is 0 Å². The summed E-state index contributed by atoms with van der Waals surface area (Å²) in [5, 5.41) is 3.48. The van der Waals surface area contributed by atoms with Gasteiger partial charge in [-0.1, -0.05) is 36.7 Å². The van der Waals surface area contributed by atoms with Crippen molar-refractivity contribution in [3.63, 3.8) is 0 Å². The van der Waals surface area contributed by atoms with E-state index in [2.05, 4.69) is 48.9 Å². The molecule has 0 radical (unpaired) electrons. The van der Waals surface area contributed by atoms with Gasteiger partial charge in [0.2, 0.25) is 0 Å². The lowest BCUT2D eigenvalue weighted by Crippen LogP contribution is -2.31. The van der Waals surface area contributed by atoms with Crippen molar-refractivity contribution in [3.05, 3.63) is 0 Å². The largest absolute Gasteiger partial charge is 0.314 e. The van der Waals surface area contributed by atoms with Crippen LogP contribution in [0.1, 0.15) is 34.1 Å². The van der Waals surface area contributed by atoms with Gasteiger partial charge in [0.05, 0.1) is 0 Å². The molecule has 0 aromatic heterocycles. The molecule has 0 bridgehead atoms. The predicted octanol–water partition coefficient (Wildman–Crippen LogP) is 2.79. The fourth-order valence-electron chi connectivity index (χ4n) is 1.01. The summed E-state index contributed by atoms with van der Waals surface area (Å²) in [5.41, 5.74) is 0. The maximum atomic E-state index is 3.54. The summed E-state index contributed by atoms with van der Waals surface area (Å²) in [6, 6.07) is 0.631. The van der Waals surface area contributed by atoms with Crippen LogP contribution in [-0.4, -0.2) is 17.4 Å². The Balaban J connectivity index is 3.29. The van der Waals surface area contributed by atoms with Crippen molar-refractivity contribution in [2.75, 3.05) is 6.54 Å². The zero-order valence-electron chi connectivity index (χ0n) is 8.02. The highest BCUT2D eigenvalue weighted by molar-refractivity contribution is 9.09. The van der Waals surface area contributed by atoms with Gasteiger partial charge in [0.15, 0.2) is 0 Å². The van der Waals surface area contributed by atoms with Gasteiger partial charge >= 0.3 is 0 Å². The lowest BCUT2D eigenvalue weighted by atomic mass is 10.1. The number of nitrogens with one attached hydrogen (secondary N) is 1. The third-order valence-electron chi connectivity index (χ3n) is 1.55. The van der Waals surface area contributed by atoms with Crippen LogP contribution >= 0.6 is 15.9 Å². The summed E-state index contributed by atoms with van der Waals surface area (Å²) >= 11 is 3.54. The SMILES string of the molecule is CC(C)CNC(C)CC(C)Br. The van der Waals surface area contributed by atoms with E-state index in [1.54, 1.807) is 0 Å². The molecule has 0 aromatic carbocycles. The first-order chi connectivity index (χ1) is 5.02. The Bertz CT molecular complexity index is 91.6. The second-order valence-electron chi connectivity index (χ2n) is 3.72. The van der Waals surface area contributed by atoms with E-state index in [1.165, 1.54) is 6.42 Å². The zero-order chi connectivity index (χ0) is 8.85. The topological polar surface area (TPSA) is 12.0 Å². The molecule has 2 heteroatoms. The lowest BCUT2D eigenvalue weighted by molar-refractivity contribution is 0.465. The standard InChI is InChI=1S/C9H20BrN/c1-7(2)6-11-9(4)5-8(3)10/h7-9,11H,5-6H2,1-4H3. The Morgan fingerprint density at radius 3 is 2.09 bits per heavy atom. The van der Waals surface area contributed by atoms with Crippen LogP contribution in [0.25, 0.3) is 0 Å². The molecule has 0 fully saturated rings. The van der Waals surface area contributed by atoms with Crippen LogP contribution in [0.2, 0.25) is 0 Å². The van der Waals surface area contributed by atoms with E-state index in [-0.39, 0.29) is 0 Å². The molecule has 1 nitrogen and oxygen atoms in total. The summed E-state index contributed by atoms with van der Waals surface area (Å²) in [6.45, 7) is 10.0. The molecule has 1 N–H and O–H groups in total. The number of rotatable bonds is 5. The summed E-state index contributed by atoms with van der Waals surface area (Å²) in [5.74, 6) is 0.753. The van der Waals surface area contributed by atoms with Crippen LogP contribution in [-0.2, 0) is 0 Å². The molecule has 0 saturated heterocycles. The zero-order valence-corrected chi connectivity index (χ0v) is 9.61. The average molecular weight is 222 g/mol. The van der Waals surface area contributed by atoms with Gasteiger partial charge in [-0.25, -0.2) is 0 Å². The first-order valence-electron chi connectivity index (χ1n) is 4.39. The number of alkyl halides is 1. The molecule has 0 aliphatic carbocycles. The molecule has 0 aliphatic heterocycles. The minimum atomic E-state index is 0.622. The van der Waals surface area contributed by atoms with Crippen LogP contribution in [0.15, 0.2) is 0 Å². The molecular formula is C9H20BrN. The van der Waals surface area contributed by atoms with E-state index >= 15 is 0 Å². The van der Waals surface area contributed by atoms with Crippen molar-refractivity contribution in [2.45, 2.75) is 45.0 Å². The quantitative estimate of drug-likeness (QED) is 0.705. The van der Waals surface area contributed by atoms with Crippen molar-refractivity contribution >= 4 is 15.9 Å². The highest BCUT2D eigenvalue weighted by atomic mass is 79.9. The first kappa shape index (κ1) is 11.4. The minimum absolute atomic E-state index is 0.622. The van der Waals surface area contributed by atoms with Gasteiger partial charge in [-0.05, 0) is 25.8 Å². The summed E-state index contributed by atoms with van der Waals surface area (Å²) in [7, 11) is 0. The molecule has 0 heterocycles. The Kier molecular flexibility index (Phi) is 6.25. The molecule has 0 saturated carbocycles. The molecule has 0 amide bonds. The van der Waals surface area contributed by atoms with Crippen LogP contribution < -0.4 is 5.32 Å². The van der Waals surface area contributed by atoms with Gasteiger partial charge in [-0.2, -0.15) is 0 Å². The van der Waals surface area contributed by atoms with Crippen LogP contribution in [0.5, 0.6) is 0 Å². The monoisotopic (exact) mass is 221 g/mol. The normalized spacial score (nSPS) is 16.9. The highest BCUT2D eigenvalue weighted by Crippen LogP contribution is 2.06. The molecule has 2 atom stereocenters. The molecular weight excluding hydrogens is 202 g/mol. The number of hydrogen-bond donors (Lipinski definition) is 1. The van der Waals surface area contributed by atoms with Gasteiger partial charge in [-0.15, -0.1) is 0 Å². The van der Waals surface area contributed by atoms with E-state index < -0.39 is 0 Å². The number of halogens is 1. The van der Waals surface area contributed by atoms with Crippen molar-refractivity contribution in [2.24, 2.45) is 5.92 Å². The fraction of sp³-hybridized carbons (Fsp3) is 1.00. The fourth-order valence-corrected chi connectivity index (χ4v) is 1.57. The van der Waals surface area contributed by atoms with E-state index in [0.717, 1.165) is 12.5 Å². The van der Waals surface area contributed by atoms with Gasteiger partial charge in [-0.3, -0.25) is 0 Å². The molecule has 0 spiro atoms. The molecule has 0 rings (SSSR count). The summed E-state index contributed by atoms with van der Waals surface area (Å²) in [4.78, 5) is 0.622. The van der Waals surface area contributed by atoms with Crippen molar-refractivity contribution in [1.29, 1.82) is 0 Å². The average Bonchev–Trinajstić information content (AvgIpc) is 1.82. The molecule has 68 valence electrons. The van der Waals surface area contributed by atoms with E-state index in [9.17, 15) is 0 Å². The number of hydrogen-bond acceptors (Lipinski definition) is 1. The molecule has 11 heavy (non-hydrogen) atoms. The van der Waals surface area contributed by atoms with Crippen molar-refractivity contribution < 1.29 is 0 Å². The van der Waals surface area contributed by atoms with Crippen molar-refractivity contribution in [1.82, 2.24) is 5.32 Å². The Morgan fingerprint density at radius 2 is 1.73 bits per heavy atom. The third-order valence-corrected chi connectivity index (χ3v) is 1.93. The molecule has 0 aromatic rings.